The fourth-order valence-electron chi connectivity index (χ4n) is 1.21. The third-order valence-corrected chi connectivity index (χ3v) is 2.48. The number of nitrogens with zero attached hydrogens (tertiary/aromatic N) is 1. The predicted octanol–water partition coefficient (Wildman–Crippen LogP) is -2.28. The van der Waals surface area contributed by atoms with Crippen molar-refractivity contribution in [2.75, 3.05) is 7.05 Å². The average Bonchev–Trinajstić information content (AvgIpc) is 2.26. The SMILES string of the molecule is CC/C=C/CCCC(=O)N(C)C(C)C(=O)[O-].[K+]. The van der Waals surface area contributed by atoms with Gasteiger partial charge in [-0.05, 0) is 26.2 Å². The summed E-state index contributed by atoms with van der Waals surface area (Å²) in [7, 11) is 1.49. The number of hydrogen-bond acceptors (Lipinski definition) is 3. The summed E-state index contributed by atoms with van der Waals surface area (Å²) >= 11 is 0. The van der Waals surface area contributed by atoms with Crippen molar-refractivity contribution in [3.05, 3.63) is 12.2 Å². The van der Waals surface area contributed by atoms with E-state index < -0.39 is 12.0 Å². The first kappa shape index (κ1) is 19.7. The largest absolute Gasteiger partial charge is 1.00 e. The van der Waals surface area contributed by atoms with E-state index in [-0.39, 0.29) is 57.3 Å². The number of aliphatic carboxylic acids is 1. The fourth-order valence-corrected chi connectivity index (χ4v) is 1.21. The van der Waals surface area contributed by atoms with Gasteiger partial charge in [0.2, 0.25) is 5.91 Å². The summed E-state index contributed by atoms with van der Waals surface area (Å²) in [5.74, 6) is -1.37. The minimum absolute atomic E-state index is 0. The number of allylic oxidation sites excluding steroid dienone is 2. The molecule has 0 bridgehead atoms. The van der Waals surface area contributed by atoms with Crippen molar-refractivity contribution >= 4 is 11.9 Å². The van der Waals surface area contributed by atoms with Crippen molar-refractivity contribution in [1.82, 2.24) is 4.90 Å². The van der Waals surface area contributed by atoms with Crippen molar-refractivity contribution in [1.29, 1.82) is 0 Å². The van der Waals surface area contributed by atoms with Crippen LogP contribution in [0.4, 0.5) is 0 Å². The van der Waals surface area contributed by atoms with E-state index in [1.807, 2.05) is 6.08 Å². The van der Waals surface area contributed by atoms with Gasteiger partial charge in [0.05, 0.1) is 12.0 Å². The van der Waals surface area contributed by atoms with E-state index in [1.165, 1.54) is 18.9 Å². The first-order valence-electron chi connectivity index (χ1n) is 5.62. The van der Waals surface area contributed by atoms with Crippen LogP contribution in [0.5, 0.6) is 0 Å². The number of amides is 1. The third kappa shape index (κ3) is 8.96. The van der Waals surface area contributed by atoms with E-state index in [4.69, 9.17) is 0 Å². The molecular formula is C12H20KNO3. The standard InChI is InChI=1S/C12H21NO3.K/c1-4-5-6-7-8-9-11(14)13(3)10(2)12(15)16;/h5-6,10H,4,7-9H2,1-3H3,(H,15,16);/q;+1/p-1/b6-5+;. The van der Waals surface area contributed by atoms with Gasteiger partial charge in [-0.2, -0.15) is 0 Å². The van der Waals surface area contributed by atoms with Crippen LogP contribution in [0.25, 0.3) is 0 Å². The molecule has 1 unspecified atom stereocenters. The molecule has 0 aromatic carbocycles. The molecule has 0 saturated heterocycles. The van der Waals surface area contributed by atoms with Crippen molar-refractivity contribution in [3.8, 4) is 0 Å². The van der Waals surface area contributed by atoms with Crippen LogP contribution >= 0.6 is 0 Å². The molecule has 92 valence electrons. The number of carboxylic acid groups (broad SMARTS) is 1. The second kappa shape index (κ2) is 11.4. The first-order valence-corrected chi connectivity index (χ1v) is 5.62. The molecule has 0 rings (SSSR count). The predicted molar refractivity (Wildman–Crippen MR) is 60.5 cm³/mol. The van der Waals surface area contributed by atoms with E-state index in [9.17, 15) is 14.7 Å². The third-order valence-electron chi connectivity index (χ3n) is 2.48. The van der Waals surface area contributed by atoms with Crippen molar-refractivity contribution in [2.45, 2.75) is 45.6 Å². The number of carbonyl (C=O) groups is 2. The Labute approximate surface area is 146 Å². The van der Waals surface area contributed by atoms with E-state index >= 15 is 0 Å². The number of likely N-dealkylation sites (N-methyl/N-ethyl adjacent to an activating group) is 1. The molecule has 0 aliphatic heterocycles. The van der Waals surface area contributed by atoms with Crippen LogP contribution in [0.3, 0.4) is 0 Å². The van der Waals surface area contributed by atoms with Gasteiger partial charge in [0.15, 0.2) is 0 Å². The zero-order valence-electron chi connectivity index (χ0n) is 11.2. The number of hydrogen-bond donors (Lipinski definition) is 0. The Kier molecular flexibility index (Phi) is 13.2. The molecule has 0 aromatic heterocycles. The molecule has 0 saturated carbocycles. The number of carbonyl (C=O) groups excluding carboxylic acids is 2. The second-order valence-corrected chi connectivity index (χ2v) is 3.77. The molecule has 0 radical (unpaired) electrons. The van der Waals surface area contributed by atoms with Crippen molar-refractivity contribution in [3.63, 3.8) is 0 Å². The summed E-state index contributed by atoms with van der Waals surface area (Å²) in [5, 5.41) is 10.5. The normalized spacial score (nSPS) is 11.9. The molecule has 0 heterocycles. The van der Waals surface area contributed by atoms with Gasteiger partial charge in [-0.15, -0.1) is 0 Å². The van der Waals surface area contributed by atoms with Crippen molar-refractivity contribution < 1.29 is 66.1 Å². The molecular weight excluding hydrogens is 245 g/mol. The van der Waals surface area contributed by atoms with Gasteiger partial charge in [-0.25, -0.2) is 0 Å². The Morgan fingerprint density at radius 2 is 1.94 bits per heavy atom. The molecule has 1 amide bonds. The molecule has 0 spiro atoms. The van der Waals surface area contributed by atoms with Crippen LogP contribution in [0.1, 0.15) is 39.5 Å². The molecule has 5 heteroatoms. The Balaban J connectivity index is 0. The Morgan fingerprint density at radius 1 is 1.35 bits per heavy atom. The molecule has 1 atom stereocenters. The van der Waals surface area contributed by atoms with Crippen molar-refractivity contribution in [2.24, 2.45) is 0 Å². The van der Waals surface area contributed by atoms with Gasteiger partial charge in [-0.3, -0.25) is 4.79 Å². The molecule has 0 aliphatic carbocycles. The summed E-state index contributed by atoms with van der Waals surface area (Å²) in [5.41, 5.74) is 0. The van der Waals surface area contributed by atoms with Gasteiger partial charge < -0.3 is 14.8 Å². The zero-order valence-corrected chi connectivity index (χ0v) is 14.4. The van der Waals surface area contributed by atoms with Gasteiger partial charge in [0, 0.05) is 13.5 Å². The topological polar surface area (TPSA) is 60.4 Å². The molecule has 0 aromatic rings. The minimum Gasteiger partial charge on any atom is -0.548 e. The summed E-state index contributed by atoms with van der Waals surface area (Å²) in [6.45, 7) is 3.50. The summed E-state index contributed by atoms with van der Waals surface area (Å²) in [4.78, 5) is 23.3. The van der Waals surface area contributed by atoms with Crippen LogP contribution in [-0.2, 0) is 9.59 Å². The van der Waals surface area contributed by atoms with Crippen LogP contribution in [0.15, 0.2) is 12.2 Å². The summed E-state index contributed by atoms with van der Waals surface area (Å²) in [6, 6.07) is -0.862. The molecule has 4 nitrogen and oxygen atoms in total. The summed E-state index contributed by atoms with van der Waals surface area (Å²) in [6.07, 6.45) is 7.07. The maximum Gasteiger partial charge on any atom is 1.00 e. The summed E-state index contributed by atoms with van der Waals surface area (Å²) < 4.78 is 0. The van der Waals surface area contributed by atoms with Crippen LogP contribution in [0, 0.1) is 0 Å². The minimum atomic E-state index is -1.22. The molecule has 0 N–H and O–H groups in total. The van der Waals surface area contributed by atoms with Gasteiger partial charge in [0.25, 0.3) is 0 Å². The fraction of sp³-hybridized carbons (Fsp3) is 0.667. The van der Waals surface area contributed by atoms with E-state index in [0.29, 0.717) is 6.42 Å². The van der Waals surface area contributed by atoms with Gasteiger partial charge in [0.1, 0.15) is 0 Å². The zero-order chi connectivity index (χ0) is 12.6. The number of rotatable bonds is 7. The second-order valence-electron chi connectivity index (χ2n) is 3.77. The Morgan fingerprint density at radius 3 is 2.41 bits per heavy atom. The smallest absolute Gasteiger partial charge is 0.548 e. The van der Waals surface area contributed by atoms with Crippen LogP contribution in [-0.4, -0.2) is 29.9 Å². The molecule has 0 aliphatic rings. The maximum absolute atomic E-state index is 11.5. The maximum atomic E-state index is 11.5. The molecule has 0 fully saturated rings. The van der Waals surface area contributed by atoms with Gasteiger partial charge in [-0.1, -0.05) is 19.1 Å². The van der Waals surface area contributed by atoms with Crippen LogP contribution < -0.4 is 56.5 Å². The van der Waals surface area contributed by atoms with Crippen LogP contribution in [0.2, 0.25) is 0 Å². The van der Waals surface area contributed by atoms with E-state index in [2.05, 4.69) is 13.0 Å². The van der Waals surface area contributed by atoms with Gasteiger partial charge >= 0.3 is 51.4 Å². The van der Waals surface area contributed by atoms with E-state index in [0.717, 1.165) is 19.3 Å². The Hall–Kier alpha value is 0.316. The number of unbranched alkanes of at least 4 members (excludes halogenated alkanes) is 1. The first-order chi connectivity index (χ1) is 7.50. The monoisotopic (exact) mass is 265 g/mol. The Bertz CT molecular complexity index is 266. The molecule has 17 heavy (non-hydrogen) atoms. The van der Waals surface area contributed by atoms with E-state index in [1.54, 1.807) is 0 Å². The quantitative estimate of drug-likeness (QED) is 0.296. The average molecular weight is 265 g/mol. The number of carboxylic acids is 1.